The van der Waals surface area contributed by atoms with Gasteiger partial charge in [-0.25, -0.2) is 0 Å². The van der Waals surface area contributed by atoms with Crippen molar-refractivity contribution in [2.75, 3.05) is 29.1 Å². The summed E-state index contributed by atoms with van der Waals surface area (Å²) in [6.07, 6.45) is 1.81. The highest BCUT2D eigenvalue weighted by Gasteiger charge is 2.15. The van der Waals surface area contributed by atoms with Crippen molar-refractivity contribution < 1.29 is 4.79 Å². The largest absolute Gasteiger partial charge is 0.372 e. The van der Waals surface area contributed by atoms with Crippen LogP contribution in [0.25, 0.3) is 10.7 Å². The summed E-state index contributed by atoms with van der Waals surface area (Å²) >= 11 is 2.99. The number of nitrogens with one attached hydrogen (secondary N) is 1. The molecular weight excluding hydrogens is 402 g/mol. The van der Waals surface area contributed by atoms with Gasteiger partial charge in [0, 0.05) is 31.0 Å². The van der Waals surface area contributed by atoms with Crippen molar-refractivity contribution in [1.29, 1.82) is 0 Å². The zero-order valence-electron chi connectivity index (χ0n) is 16.7. The van der Waals surface area contributed by atoms with Crippen molar-refractivity contribution in [3.8, 4) is 10.7 Å². The molecule has 1 N–H and O–H groups in total. The number of thioether (sulfide) groups is 1. The molecule has 0 saturated heterocycles. The molecule has 0 fully saturated rings. The van der Waals surface area contributed by atoms with Crippen LogP contribution in [0.4, 0.5) is 11.4 Å². The molecule has 1 amide bonds. The van der Waals surface area contributed by atoms with Crippen LogP contribution in [0, 0.1) is 0 Å². The Bertz CT molecular complexity index is 931. The van der Waals surface area contributed by atoms with E-state index in [1.165, 1.54) is 11.8 Å². The molecule has 0 aliphatic carbocycles. The van der Waals surface area contributed by atoms with Gasteiger partial charge in [-0.15, -0.1) is 28.1 Å². The second kappa shape index (κ2) is 10.3. The molecule has 0 aliphatic heterocycles. The summed E-state index contributed by atoms with van der Waals surface area (Å²) in [7, 11) is 0. The summed E-state index contributed by atoms with van der Waals surface area (Å²) in [4.78, 5) is 15.7. The average Bonchev–Trinajstić information content (AvgIpc) is 3.39. The van der Waals surface area contributed by atoms with E-state index in [4.69, 9.17) is 0 Å². The highest BCUT2D eigenvalue weighted by atomic mass is 32.2. The minimum absolute atomic E-state index is 0.0728. The number of hydrogen-bond donors (Lipinski definition) is 1. The number of carbonyl (C=O) groups excluding carboxylic acids is 1. The second-order valence-electron chi connectivity index (χ2n) is 6.24. The maximum absolute atomic E-state index is 12.4. The molecule has 29 heavy (non-hydrogen) atoms. The number of aromatic nitrogens is 3. The first-order chi connectivity index (χ1) is 14.2. The van der Waals surface area contributed by atoms with E-state index < -0.39 is 0 Å². The van der Waals surface area contributed by atoms with Gasteiger partial charge in [-0.1, -0.05) is 23.9 Å². The third-order valence-electron chi connectivity index (χ3n) is 4.38. The van der Waals surface area contributed by atoms with E-state index in [1.807, 2.05) is 52.4 Å². The Hall–Kier alpha value is -2.58. The van der Waals surface area contributed by atoms with Gasteiger partial charge >= 0.3 is 0 Å². The van der Waals surface area contributed by atoms with Gasteiger partial charge in [-0.2, -0.15) is 0 Å². The molecule has 2 heterocycles. The normalized spacial score (nSPS) is 10.7. The van der Waals surface area contributed by atoms with Crippen LogP contribution in [0.2, 0.25) is 0 Å². The molecule has 1 aromatic carbocycles. The first-order valence-corrected chi connectivity index (χ1v) is 11.4. The number of anilines is 2. The van der Waals surface area contributed by atoms with Crippen molar-refractivity contribution in [2.45, 2.75) is 25.5 Å². The van der Waals surface area contributed by atoms with Crippen LogP contribution in [-0.4, -0.2) is 39.5 Å². The smallest absolute Gasteiger partial charge is 0.234 e. The van der Waals surface area contributed by atoms with E-state index in [-0.39, 0.29) is 11.7 Å². The number of hydrogen-bond acceptors (Lipinski definition) is 6. The number of thiophene rings is 1. The van der Waals surface area contributed by atoms with Crippen molar-refractivity contribution >= 4 is 40.4 Å². The number of allylic oxidation sites excluding steroid dienone is 1. The Morgan fingerprint density at radius 1 is 1.24 bits per heavy atom. The van der Waals surface area contributed by atoms with E-state index in [0.717, 1.165) is 35.2 Å². The molecule has 152 valence electrons. The number of rotatable bonds is 10. The zero-order valence-corrected chi connectivity index (χ0v) is 18.3. The quantitative estimate of drug-likeness (QED) is 0.373. The summed E-state index contributed by atoms with van der Waals surface area (Å²) in [5.41, 5.74) is 1.94. The minimum Gasteiger partial charge on any atom is -0.372 e. The topological polar surface area (TPSA) is 63.1 Å². The predicted molar refractivity (Wildman–Crippen MR) is 123 cm³/mol. The van der Waals surface area contributed by atoms with Crippen molar-refractivity contribution in [1.82, 2.24) is 14.8 Å². The lowest BCUT2D eigenvalue weighted by atomic mass is 10.2. The van der Waals surface area contributed by atoms with Crippen LogP contribution in [-0.2, 0) is 11.3 Å². The summed E-state index contributed by atoms with van der Waals surface area (Å²) in [6, 6.07) is 11.9. The van der Waals surface area contributed by atoms with Crippen molar-refractivity contribution in [3.05, 3.63) is 54.4 Å². The van der Waals surface area contributed by atoms with Crippen molar-refractivity contribution in [3.63, 3.8) is 0 Å². The summed E-state index contributed by atoms with van der Waals surface area (Å²) < 4.78 is 1.98. The number of carbonyl (C=O) groups is 1. The van der Waals surface area contributed by atoms with E-state index in [0.29, 0.717) is 11.7 Å². The molecule has 0 saturated carbocycles. The molecule has 6 nitrogen and oxygen atoms in total. The van der Waals surface area contributed by atoms with Crippen LogP contribution < -0.4 is 10.2 Å². The standard InChI is InChI=1S/C21H25N5OS2/c1-4-13-26-20(18-8-7-14-28-18)23-24-21(26)29-15-19(27)22-16-9-11-17(12-10-16)25(5-2)6-3/h4,7-12,14H,1,5-6,13,15H2,2-3H3,(H,22,27). The Morgan fingerprint density at radius 2 is 2.00 bits per heavy atom. The SMILES string of the molecule is C=CCn1c(SCC(=O)Nc2ccc(N(CC)CC)cc2)nnc1-c1cccs1. The molecule has 0 radical (unpaired) electrons. The third-order valence-corrected chi connectivity index (χ3v) is 6.21. The van der Waals surface area contributed by atoms with Crippen LogP contribution in [0.15, 0.2) is 59.6 Å². The molecule has 0 atom stereocenters. The minimum atomic E-state index is -0.0728. The lowest BCUT2D eigenvalue weighted by Gasteiger charge is -2.21. The fourth-order valence-corrected chi connectivity index (χ4v) is 4.41. The first kappa shape index (κ1) is 21.1. The van der Waals surface area contributed by atoms with Crippen LogP contribution >= 0.6 is 23.1 Å². The van der Waals surface area contributed by atoms with Gasteiger partial charge in [0.1, 0.15) is 0 Å². The van der Waals surface area contributed by atoms with Crippen LogP contribution in [0.1, 0.15) is 13.8 Å². The summed E-state index contributed by atoms with van der Waals surface area (Å²) in [6.45, 7) is 10.6. The fourth-order valence-electron chi connectivity index (χ4n) is 2.95. The fraction of sp³-hybridized carbons (Fsp3) is 0.286. The van der Waals surface area contributed by atoms with E-state index in [9.17, 15) is 4.79 Å². The highest BCUT2D eigenvalue weighted by Crippen LogP contribution is 2.27. The number of amides is 1. The van der Waals surface area contributed by atoms with E-state index in [1.54, 1.807) is 11.3 Å². The van der Waals surface area contributed by atoms with Gasteiger partial charge in [0.25, 0.3) is 0 Å². The number of benzene rings is 1. The molecular formula is C21H25N5OS2. The molecule has 3 aromatic rings. The van der Waals surface area contributed by atoms with Crippen molar-refractivity contribution in [2.24, 2.45) is 0 Å². The molecule has 0 spiro atoms. The number of nitrogens with zero attached hydrogens (tertiary/aromatic N) is 4. The van der Waals surface area contributed by atoms with Gasteiger partial charge in [0.2, 0.25) is 5.91 Å². The highest BCUT2D eigenvalue weighted by molar-refractivity contribution is 7.99. The van der Waals surface area contributed by atoms with Crippen LogP contribution in [0.3, 0.4) is 0 Å². The maximum atomic E-state index is 12.4. The molecule has 2 aromatic heterocycles. The summed E-state index contributed by atoms with van der Waals surface area (Å²) in [5.74, 6) is 0.989. The van der Waals surface area contributed by atoms with Gasteiger partial charge < -0.3 is 10.2 Å². The lowest BCUT2D eigenvalue weighted by Crippen LogP contribution is -2.21. The molecule has 0 bridgehead atoms. The van der Waals surface area contributed by atoms with E-state index >= 15 is 0 Å². The zero-order chi connectivity index (χ0) is 20.6. The Kier molecular flexibility index (Phi) is 7.48. The maximum Gasteiger partial charge on any atom is 0.234 e. The second-order valence-corrected chi connectivity index (χ2v) is 8.13. The molecule has 0 unspecified atom stereocenters. The monoisotopic (exact) mass is 427 g/mol. The van der Waals surface area contributed by atoms with Crippen LogP contribution in [0.5, 0.6) is 0 Å². The summed E-state index contributed by atoms with van der Waals surface area (Å²) in [5, 5.41) is 14.2. The van der Waals surface area contributed by atoms with Gasteiger partial charge in [-0.05, 0) is 49.6 Å². The van der Waals surface area contributed by atoms with Gasteiger partial charge in [0.15, 0.2) is 11.0 Å². The third kappa shape index (κ3) is 5.27. The van der Waals surface area contributed by atoms with Gasteiger partial charge in [0.05, 0.1) is 10.6 Å². The first-order valence-electron chi connectivity index (χ1n) is 9.51. The van der Waals surface area contributed by atoms with E-state index in [2.05, 4.69) is 40.8 Å². The molecule has 3 rings (SSSR count). The lowest BCUT2D eigenvalue weighted by molar-refractivity contribution is -0.113. The molecule has 8 heteroatoms. The molecule has 0 aliphatic rings. The van der Waals surface area contributed by atoms with Gasteiger partial charge in [-0.3, -0.25) is 9.36 Å². The predicted octanol–water partition coefficient (Wildman–Crippen LogP) is 4.77. The Labute approximate surface area is 179 Å². The average molecular weight is 428 g/mol. The Balaban J connectivity index is 1.61. The Morgan fingerprint density at radius 3 is 2.62 bits per heavy atom.